The highest BCUT2D eigenvalue weighted by Crippen LogP contribution is 2.21. The number of β-amino-alcohol motifs (C(OH)–C–C–N with tert-alkyl or cyclic N) is 2. The number of aliphatic hydroxyl groups excluding tert-OH is 2. The number of carbonyl (C=O) groups excluding carboxylic acids is 1. The Morgan fingerprint density at radius 3 is 2.53 bits per heavy atom. The summed E-state index contributed by atoms with van der Waals surface area (Å²) in [6.07, 6.45) is -0.320. The zero-order valence-electron chi connectivity index (χ0n) is 7.76. The molecule has 1 aliphatic heterocycles. The van der Waals surface area contributed by atoms with E-state index in [1.165, 1.54) is 11.2 Å². The molecule has 1 aliphatic rings. The molecule has 0 spiro atoms. The molecule has 1 aromatic heterocycles. The largest absolute Gasteiger partial charge is 0.457 e. The van der Waals surface area contributed by atoms with Crippen molar-refractivity contribution in [2.45, 2.75) is 12.2 Å². The van der Waals surface area contributed by atoms with E-state index in [1.54, 1.807) is 6.07 Å². The number of furan rings is 1. The molecule has 0 bridgehead atoms. The van der Waals surface area contributed by atoms with Gasteiger partial charge < -0.3 is 19.5 Å². The average molecular weight is 276 g/mol. The lowest BCUT2D eigenvalue weighted by Gasteiger charge is -2.13. The lowest BCUT2D eigenvalue weighted by Crippen LogP contribution is -2.29. The Labute approximate surface area is 94.4 Å². The summed E-state index contributed by atoms with van der Waals surface area (Å²) in [6, 6.07) is 1.55. The number of hydrogen-bond acceptors (Lipinski definition) is 4. The minimum absolute atomic E-state index is 0.150. The summed E-state index contributed by atoms with van der Waals surface area (Å²) in [5.74, 6) is -0.258. The second-order valence-corrected chi connectivity index (χ2v) is 4.17. The van der Waals surface area contributed by atoms with Gasteiger partial charge in [-0.05, 0) is 22.0 Å². The molecule has 2 atom stereocenters. The fourth-order valence-electron chi connectivity index (χ4n) is 1.55. The topological polar surface area (TPSA) is 73.9 Å². The fourth-order valence-corrected chi connectivity index (χ4v) is 1.96. The molecule has 1 fully saturated rings. The molecular formula is C9H10BrNO4. The van der Waals surface area contributed by atoms with Crippen LogP contribution in [-0.2, 0) is 0 Å². The zero-order valence-corrected chi connectivity index (χ0v) is 9.35. The van der Waals surface area contributed by atoms with Crippen molar-refractivity contribution < 1.29 is 19.4 Å². The van der Waals surface area contributed by atoms with Crippen LogP contribution in [0.25, 0.3) is 0 Å². The van der Waals surface area contributed by atoms with Gasteiger partial charge in [0.05, 0.1) is 24.0 Å². The van der Waals surface area contributed by atoms with Crippen LogP contribution in [0.3, 0.4) is 0 Å². The monoisotopic (exact) mass is 275 g/mol. The van der Waals surface area contributed by atoms with Crippen LogP contribution in [0.4, 0.5) is 0 Å². The normalized spacial score (nSPS) is 25.9. The van der Waals surface area contributed by atoms with Crippen molar-refractivity contribution in [1.82, 2.24) is 4.90 Å². The van der Waals surface area contributed by atoms with Crippen molar-refractivity contribution in [2.75, 3.05) is 13.1 Å². The van der Waals surface area contributed by atoms with Gasteiger partial charge in [-0.3, -0.25) is 4.79 Å². The number of rotatable bonds is 1. The van der Waals surface area contributed by atoms with Gasteiger partial charge in [0.1, 0.15) is 0 Å². The fraction of sp³-hybridized carbons (Fsp3) is 0.444. The molecule has 0 unspecified atom stereocenters. The maximum Gasteiger partial charge on any atom is 0.258 e. The maximum absolute atomic E-state index is 11.8. The first-order chi connectivity index (χ1) is 7.09. The van der Waals surface area contributed by atoms with Crippen molar-refractivity contribution in [2.24, 2.45) is 0 Å². The van der Waals surface area contributed by atoms with Crippen molar-refractivity contribution in [1.29, 1.82) is 0 Å². The summed E-state index contributed by atoms with van der Waals surface area (Å²) in [4.78, 5) is 13.2. The first kappa shape index (κ1) is 10.7. The number of hydrogen-bond donors (Lipinski definition) is 2. The standard InChI is InChI=1S/C9H10BrNO4/c10-8-5(1-2-15-8)9(14)11-3-6(12)7(13)4-11/h1-2,6-7,12-13H,3-4H2/t6-,7+. The van der Waals surface area contributed by atoms with E-state index in [9.17, 15) is 15.0 Å². The van der Waals surface area contributed by atoms with Gasteiger partial charge >= 0.3 is 0 Å². The van der Waals surface area contributed by atoms with E-state index in [4.69, 9.17) is 4.42 Å². The number of likely N-dealkylation sites (tertiary alicyclic amines) is 1. The highest BCUT2D eigenvalue weighted by atomic mass is 79.9. The van der Waals surface area contributed by atoms with Gasteiger partial charge in [-0.2, -0.15) is 0 Å². The third-order valence-corrected chi connectivity index (χ3v) is 3.01. The molecule has 5 nitrogen and oxygen atoms in total. The first-order valence-electron chi connectivity index (χ1n) is 4.48. The van der Waals surface area contributed by atoms with Crippen LogP contribution in [0.2, 0.25) is 0 Å². The van der Waals surface area contributed by atoms with Gasteiger partial charge in [0.15, 0.2) is 4.67 Å². The number of carbonyl (C=O) groups is 1. The summed E-state index contributed by atoms with van der Waals surface area (Å²) in [7, 11) is 0. The van der Waals surface area contributed by atoms with Crippen molar-refractivity contribution in [3.05, 3.63) is 22.6 Å². The van der Waals surface area contributed by atoms with Crippen molar-refractivity contribution in [3.8, 4) is 0 Å². The minimum Gasteiger partial charge on any atom is -0.457 e. The predicted octanol–water partition coefficient (Wildman–Crippen LogP) is 0.220. The molecule has 0 saturated carbocycles. The maximum atomic E-state index is 11.8. The predicted molar refractivity (Wildman–Crippen MR) is 54.3 cm³/mol. The van der Waals surface area contributed by atoms with Crippen molar-refractivity contribution >= 4 is 21.8 Å². The average Bonchev–Trinajstić information content (AvgIpc) is 2.74. The number of halogens is 1. The number of nitrogens with zero attached hydrogens (tertiary/aromatic N) is 1. The molecule has 82 valence electrons. The van der Waals surface area contributed by atoms with Crippen molar-refractivity contribution in [3.63, 3.8) is 0 Å². The lowest BCUT2D eigenvalue weighted by molar-refractivity contribution is 0.0572. The third-order valence-electron chi connectivity index (χ3n) is 2.39. The molecule has 1 aromatic rings. The van der Waals surface area contributed by atoms with Crippen LogP contribution >= 0.6 is 15.9 Å². The molecule has 2 heterocycles. The summed E-state index contributed by atoms with van der Waals surface area (Å²) in [5, 5.41) is 18.6. The Morgan fingerprint density at radius 2 is 2.07 bits per heavy atom. The highest BCUT2D eigenvalue weighted by molar-refractivity contribution is 9.10. The zero-order chi connectivity index (χ0) is 11.0. The summed E-state index contributed by atoms with van der Waals surface area (Å²) in [6.45, 7) is 0.301. The lowest BCUT2D eigenvalue weighted by atomic mass is 10.3. The Balaban J connectivity index is 2.13. The first-order valence-corrected chi connectivity index (χ1v) is 5.27. The van der Waals surface area contributed by atoms with E-state index in [0.29, 0.717) is 10.2 Å². The molecule has 0 aliphatic carbocycles. The second kappa shape index (κ2) is 3.96. The smallest absolute Gasteiger partial charge is 0.258 e. The van der Waals surface area contributed by atoms with Crippen LogP contribution in [0.15, 0.2) is 21.4 Å². The molecule has 0 radical (unpaired) electrons. The van der Waals surface area contributed by atoms with Crippen LogP contribution in [-0.4, -0.2) is 46.3 Å². The summed E-state index contributed by atoms with van der Waals surface area (Å²) < 4.78 is 5.31. The molecule has 2 N–H and O–H groups in total. The summed E-state index contributed by atoms with van der Waals surface area (Å²) in [5.41, 5.74) is 0.399. The van der Waals surface area contributed by atoms with Crippen LogP contribution in [0.1, 0.15) is 10.4 Å². The van der Waals surface area contributed by atoms with Crippen LogP contribution in [0.5, 0.6) is 0 Å². The van der Waals surface area contributed by atoms with E-state index >= 15 is 0 Å². The Morgan fingerprint density at radius 1 is 1.47 bits per heavy atom. The quantitative estimate of drug-likeness (QED) is 0.769. The van der Waals surface area contributed by atoms with Gasteiger partial charge in [-0.1, -0.05) is 0 Å². The molecule has 6 heteroatoms. The van der Waals surface area contributed by atoms with E-state index in [2.05, 4.69) is 15.9 Å². The van der Waals surface area contributed by atoms with Crippen LogP contribution < -0.4 is 0 Å². The van der Waals surface area contributed by atoms with Gasteiger partial charge in [0.2, 0.25) is 0 Å². The molecule has 0 aromatic carbocycles. The van der Waals surface area contributed by atoms with E-state index in [0.717, 1.165) is 0 Å². The molecule has 1 saturated heterocycles. The van der Waals surface area contributed by atoms with Gasteiger partial charge in [-0.15, -0.1) is 0 Å². The second-order valence-electron chi connectivity index (χ2n) is 3.45. The van der Waals surface area contributed by atoms with E-state index in [1.807, 2.05) is 0 Å². The SMILES string of the molecule is O=C(c1ccoc1Br)N1C[C@@H](O)[C@@H](O)C1. The van der Waals surface area contributed by atoms with Crippen LogP contribution in [0, 0.1) is 0 Å². The minimum atomic E-state index is -0.861. The van der Waals surface area contributed by atoms with Gasteiger partial charge in [-0.25, -0.2) is 0 Å². The Hall–Kier alpha value is -0.850. The Kier molecular flexibility index (Phi) is 2.81. The molecule has 1 amide bonds. The molecule has 15 heavy (non-hydrogen) atoms. The van der Waals surface area contributed by atoms with Gasteiger partial charge in [0, 0.05) is 13.1 Å². The van der Waals surface area contributed by atoms with E-state index in [-0.39, 0.29) is 19.0 Å². The Bertz CT molecular complexity index is 368. The molecular weight excluding hydrogens is 266 g/mol. The molecule has 2 rings (SSSR count). The number of aliphatic hydroxyl groups is 2. The van der Waals surface area contributed by atoms with E-state index < -0.39 is 12.2 Å². The highest BCUT2D eigenvalue weighted by Gasteiger charge is 2.33. The van der Waals surface area contributed by atoms with Gasteiger partial charge in [0.25, 0.3) is 5.91 Å². The third kappa shape index (κ3) is 1.92. The summed E-state index contributed by atoms with van der Waals surface area (Å²) >= 11 is 3.11. The number of amides is 1.